The molecular weight excluding hydrogens is 490 g/mol. The lowest BCUT2D eigenvalue weighted by Crippen LogP contribution is -2.13. The molecule has 2 rings (SSSR count). The minimum atomic E-state index is 0.201. The van der Waals surface area contributed by atoms with E-state index in [9.17, 15) is 0 Å². The summed E-state index contributed by atoms with van der Waals surface area (Å²) in [5.74, 6) is 1.67. The second-order valence-electron chi connectivity index (χ2n) is 6.24. The van der Waals surface area contributed by atoms with Gasteiger partial charge in [-0.1, -0.05) is 20.3 Å². The lowest BCUT2D eigenvalue weighted by atomic mass is 10.1. The van der Waals surface area contributed by atoms with E-state index in [-0.39, 0.29) is 6.10 Å². The Bertz CT molecular complexity index is 803. The molecule has 0 fully saturated rings. The van der Waals surface area contributed by atoms with Crippen molar-refractivity contribution in [3.8, 4) is 22.8 Å². The zero-order valence-corrected chi connectivity index (χ0v) is 19.9. The van der Waals surface area contributed by atoms with Crippen molar-refractivity contribution < 1.29 is 14.2 Å². The van der Waals surface area contributed by atoms with Gasteiger partial charge in [0.1, 0.15) is 33.3 Å². The molecule has 0 aliphatic heterocycles. The number of anilines is 1. The van der Waals surface area contributed by atoms with E-state index in [0.29, 0.717) is 46.5 Å². The molecule has 0 aliphatic rings. The number of hydrogen-bond acceptors (Lipinski definition) is 6. The van der Waals surface area contributed by atoms with Crippen LogP contribution in [0.4, 0.5) is 5.82 Å². The highest BCUT2D eigenvalue weighted by Gasteiger charge is 2.19. The predicted octanol–water partition coefficient (Wildman–Crippen LogP) is 5.75. The molecule has 1 atom stereocenters. The fourth-order valence-electron chi connectivity index (χ4n) is 2.82. The van der Waals surface area contributed by atoms with Crippen molar-refractivity contribution in [1.29, 1.82) is 0 Å². The highest BCUT2D eigenvalue weighted by molar-refractivity contribution is 9.10. The van der Waals surface area contributed by atoms with E-state index in [1.54, 1.807) is 7.11 Å². The smallest absolute Gasteiger partial charge is 0.148 e. The van der Waals surface area contributed by atoms with E-state index in [4.69, 9.17) is 19.9 Å². The van der Waals surface area contributed by atoms with Gasteiger partial charge in [0, 0.05) is 11.6 Å². The number of halogens is 2. The summed E-state index contributed by atoms with van der Waals surface area (Å²) < 4.78 is 18.5. The number of nitrogen functional groups attached to an aromatic ring is 1. The molecule has 0 amide bonds. The van der Waals surface area contributed by atoms with E-state index in [0.717, 1.165) is 29.3 Å². The molecule has 1 heterocycles. The van der Waals surface area contributed by atoms with Crippen LogP contribution in [0, 0.1) is 0 Å². The van der Waals surface area contributed by atoms with Crippen LogP contribution in [0.15, 0.2) is 21.2 Å². The number of methoxy groups -OCH3 is 1. The molecule has 0 saturated carbocycles. The summed E-state index contributed by atoms with van der Waals surface area (Å²) in [6.07, 6.45) is 3.25. The zero-order valence-electron chi connectivity index (χ0n) is 16.7. The van der Waals surface area contributed by atoms with E-state index >= 15 is 0 Å². The van der Waals surface area contributed by atoms with Crippen molar-refractivity contribution in [3.63, 3.8) is 0 Å². The minimum Gasteiger partial charge on any atom is -0.496 e. The predicted molar refractivity (Wildman–Crippen MR) is 119 cm³/mol. The van der Waals surface area contributed by atoms with Crippen LogP contribution in [0.5, 0.6) is 11.5 Å². The highest BCUT2D eigenvalue weighted by atomic mass is 79.9. The summed E-state index contributed by atoms with van der Waals surface area (Å²) in [7, 11) is 1.61. The average molecular weight is 517 g/mol. The van der Waals surface area contributed by atoms with Crippen LogP contribution in [0.3, 0.4) is 0 Å². The van der Waals surface area contributed by atoms with Crippen LogP contribution in [0.1, 0.15) is 45.7 Å². The first-order valence-electron chi connectivity index (χ1n) is 9.39. The van der Waals surface area contributed by atoms with Crippen molar-refractivity contribution in [2.45, 2.75) is 52.7 Å². The molecular formula is C20H27Br2N3O3. The molecule has 1 unspecified atom stereocenters. The first kappa shape index (κ1) is 22.9. The zero-order chi connectivity index (χ0) is 20.7. The normalized spacial score (nSPS) is 12.1. The van der Waals surface area contributed by atoms with Gasteiger partial charge in [-0.25, -0.2) is 9.97 Å². The number of benzene rings is 1. The third kappa shape index (κ3) is 5.58. The van der Waals surface area contributed by atoms with Crippen molar-refractivity contribution >= 4 is 37.7 Å². The second-order valence-corrected chi connectivity index (χ2v) is 7.85. The minimum absolute atomic E-state index is 0.201. The molecule has 8 heteroatoms. The molecule has 1 aromatic carbocycles. The SMILES string of the molecule is CCCC(CC)OCc1nc(Br)c(-c2cc(Br)c(OCC)cc2OC)nc1N. The molecule has 0 radical (unpaired) electrons. The fraction of sp³-hybridized carbons (Fsp3) is 0.500. The number of ether oxygens (including phenoxy) is 3. The maximum Gasteiger partial charge on any atom is 0.148 e. The number of nitrogens with two attached hydrogens (primary N) is 1. The first-order valence-corrected chi connectivity index (χ1v) is 11.0. The van der Waals surface area contributed by atoms with Gasteiger partial charge in [-0.2, -0.15) is 0 Å². The Kier molecular flexibility index (Phi) is 8.98. The van der Waals surface area contributed by atoms with Crippen LogP contribution in [0.2, 0.25) is 0 Å². The van der Waals surface area contributed by atoms with Gasteiger partial charge >= 0.3 is 0 Å². The number of rotatable bonds is 10. The molecule has 154 valence electrons. The summed E-state index contributed by atoms with van der Waals surface area (Å²) in [5.41, 5.74) is 8.16. The summed E-state index contributed by atoms with van der Waals surface area (Å²) in [6, 6.07) is 3.71. The quantitative estimate of drug-likeness (QED) is 0.432. The lowest BCUT2D eigenvalue weighted by molar-refractivity contribution is 0.0306. The van der Waals surface area contributed by atoms with E-state index in [1.807, 2.05) is 19.1 Å². The van der Waals surface area contributed by atoms with E-state index in [1.165, 1.54) is 0 Å². The number of nitrogens with zero attached hydrogens (tertiary/aromatic N) is 2. The monoisotopic (exact) mass is 515 g/mol. The Labute approximate surface area is 183 Å². The Balaban J connectivity index is 2.35. The fourth-order valence-corrected chi connectivity index (χ4v) is 3.79. The summed E-state index contributed by atoms with van der Waals surface area (Å²) in [6.45, 7) is 7.09. The summed E-state index contributed by atoms with van der Waals surface area (Å²) in [5, 5.41) is 0. The molecule has 0 saturated heterocycles. The van der Waals surface area contributed by atoms with Crippen molar-refractivity contribution in [3.05, 3.63) is 26.9 Å². The van der Waals surface area contributed by atoms with Gasteiger partial charge in [0.05, 0.1) is 30.9 Å². The lowest BCUT2D eigenvalue weighted by Gasteiger charge is -2.17. The van der Waals surface area contributed by atoms with Gasteiger partial charge < -0.3 is 19.9 Å². The Morgan fingerprint density at radius 2 is 1.86 bits per heavy atom. The van der Waals surface area contributed by atoms with Gasteiger partial charge in [-0.3, -0.25) is 0 Å². The topological polar surface area (TPSA) is 79.5 Å². The van der Waals surface area contributed by atoms with Gasteiger partial charge in [0.25, 0.3) is 0 Å². The van der Waals surface area contributed by atoms with Gasteiger partial charge in [0.15, 0.2) is 0 Å². The summed E-state index contributed by atoms with van der Waals surface area (Å²) >= 11 is 7.06. The molecule has 1 aromatic heterocycles. The van der Waals surface area contributed by atoms with Gasteiger partial charge in [0.2, 0.25) is 0 Å². The molecule has 2 aromatic rings. The Morgan fingerprint density at radius 1 is 1.11 bits per heavy atom. The molecule has 0 bridgehead atoms. The number of aromatic nitrogens is 2. The summed E-state index contributed by atoms with van der Waals surface area (Å²) in [4.78, 5) is 9.15. The van der Waals surface area contributed by atoms with Crippen LogP contribution >= 0.6 is 31.9 Å². The number of hydrogen-bond donors (Lipinski definition) is 1. The Morgan fingerprint density at radius 3 is 2.46 bits per heavy atom. The molecule has 2 N–H and O–H groups in total. The first-order chi connectivity index (χ1) is 13.4. The molecule has 6 nitrogen and oxygen atoms in total. The third-order valence-corrected chi connectivity index (χ3v) is 5.46. The van der Waals surface area contributed by atoms with Crippen LogP contribution in [0.25, 0.3) is 11.3 Å². The van der Waals surface area contributed by atoms with Crippen molar-refractivity contribution in [2.75, 3.05) is 19.5 Å². The van der Waals surface area contributed by atoms with Gasteiger partial charge in [-0.15, -0.1) is 0 Å². The van der Waals surface area contributed by atoms with Crippen LogP contribution < -0.4 is 15.2 Å². The average Bonchev–Trinajstić information content (AvgIpc) is 2.68. The largest absolute Gasteiger partial charge is 0.496 e. The maximum absolute atomic E-state index is 6.18. The Hall–Kier alpha value is -1.38. The van der Waals surface area contributed by atoms with Gasteiger partial charge in [-0.05, 0) is 57.7 Å². The molecule has 0 aliphatic carbocycles. The third-order valence-electron chi connectivity index (χ3n) is 4.29. The standard InChI is InChI=1S/C20H27Br2N3O3/c1-5-8-12(6-2)28-11-15-20(23)25-18(19(22)24-15)13-9-14(21)17(27-7-3)10-16(13)26-4/h9-10,12H,5-8,11H2,1-4H3,(H2,23,25). The second kappa shape index (κ2) is 11.0. The van der Waals surface area contributed by atoms with Crippen molar-refractivity contribution in [1.82, 2.24) is 9.97 Å². The maximum atomic E-state index is 6.18. The van der Waals surface area contributed by atoms with E-state index in [2.05, 4.69) is 55.7 Å². The van der Waals surface area contributed by atoms with Crippen LogP contribution in [-0.4, -0.2) is 29.8 Å². The van der Waals surface area contributed by atoms with Crippen molar-refractivity contribution in [2.24, 2.45) is 0 Å². The van der Waals surface area contributed by atoms with Crippen LogP contribution in [-0.2, 0) is 11.3 Å². The molecule has 0 spiro atoms. The molecule has 28 heavy (non-hydrogen) atoms. The van der Waals surface area contributed by atoms with E-state index < -0.39 is 0 Å². The highest BCUT2D eigenvalue weighted by Crippen LogP contribution is 2.40.